The number of ether oxygens (including phenoxy) is 1. The van der Waals surface area contributed by atoms with E-state index in [1.165, 1.54) is 0 Å². The number of hydrogen-bond acceptors (Lipinski definition) is 4. The molecule has 4 aromatic rings. The van der Waals surface area contributed by atoms with E-state index in [1.54, 1.807) is 24.1 Å². The zero-order valence-corrected chi connectivity index (χ0v) is 16.0. The van der Waals surface area contributed by atoms with Crippen LogP contribution in [0, 0.1) is 4.77 Å². The standard InChI is InChI=1S/C20H15ClN4OS/c1-26-18-11-10-13-6-2-3-7-14(13)16(18)12-22-25-19(23-24-20(25)27)15-8-4-5-9-17(15)21/h2-12H,1H3,(H,24,27)/b22-12+. The highest BCUT2D eigenvalue weighted by Gasteiger charge is 2.12. The second-order valence-electron chi connectivity index (χ2n) is 5.79. The van der Waals surface area contributed by atoms with Gasteiger partial charge in [-0.2, -0.15) is 14.9 Å². The van der Waals surface area contributed by atoms with Crippen LogP contribution in [-0.4, -0.2) is 28.2 Å². The molecule has 0 spiro atoms. The molecule has 134 valence electrons. The Morgan fingerprint density at radius 1 is 1.11 bits per heavy atom. The Bertz CT molecular complexity index is 1210. The van der Waals surface area contributed by atoms with E-state index in [9.17, 15) is 0 Å². The lowest BCUT2D eigenvalue weighted by Gasteiger charge is -2.08. The zero-order chi connectivity index (χ0) is 18.8. The molecular formula is C20H15ClN4OS. The number of rotatable bonds is 4. The number of nitrogens with zero attached hydrogens (tertiary/aromatic N) is 3. The first-order valence-electron chi connectivity index (χ1n) is 8.21. The Morgan fingerprint density at radius 3 is 2.70 bits per heavy atom. The van der Waals surface area contributed by atoms with Gasteiger partial charge in [-0.3, -0.25) is 0 Å². The minimum absolute atomic E-state index is 0.375. The highest BCUT2D eigenvalue weighted by atomic mass is 35.5. The number of halogens is 1. The lowest BCUT2D eigenvalue weighted by Crippen LogP contribution is -1.98. The fourth-order valence-corrected chi connectivity index (χ4v) is 3.32. The van der Waals surface area contributed by atoms with Crippen molar-refractivity contribution in [3.8, 4) is 17.1 Å². The van der Waals surface area contributed by atoms with Crippen molar-refractivity contribution in [2.24, 2.45) is 5.10 Å². The summed E-state index contributed by atoms with van der Waals surface area (Å²) in [7, 11) is 1.64. The zero-order valence-electron chi connectivity index (χ0n) is 14.4. The van der Waals surface area contributed by atoms with Gasteiger partial charge in [0.2, 0.25) is 4.77 Å². The van der Waals surface area contributed by atoms with E-state index in [4.69, 9.17) is 28.6 Å². The van der Waals surface area contributed by atoms with Crippen molar-refractivity contribution in [2.45, 2.75) is 0 Å². The van der Waals surface area contributed by atoms with Gasteiger partial charge < -0.3 is 4.74 Å². The molecule has 0 aliphatic carbocycles. The highest BCUT2D eigenvalue weighted by molar-refractivity contribution is 7.71. The van der Waals surface area contributed by atoms with Gasteiger partial charge in [0.1, 0.15) is 5.75 Å². The van der Waals surface area contributed by atoms with E-state index in [0.29, 0.717) is 15.6 Å². The van der Waals surface area contributed by atoms with Crippen molar-refractivity contribution in [1.82, 2.24) is 14.9 Å². The summed E-state index contributed by atoms with van der Waals surface area (Å²) in [4.78, 5) is 0. The fraction of sp³-hybridized carbons (Fsp3) is 0.0500. The van der Waals surface area contributed by atoms with Gasteiger partial charge in [-0.1, -0.05) is 54.1 Å². The van der Waals surface area contributed by atoms with Crippen molar-refractivity contribution in [3.63, 3.8) is 0 Å². The molecule has 7 heteroatoms. The van der Waals surface area contributed by atoms with Gasteiger partial charge in [-0.15, -0.1) is 0 Å². The van der Waals surface area contributed by atoms with Gasteiger partial charge in [0.25, 0.3) is 0 Å². The third-order valence-corrected chi connectivity index (χ3v) is 4.81. The van der Waals surface area contributed by atoms with Crippen molar-refractivity contribution >= 4 is 40.8 Å². The van der Waals surface area contributed by atoms with E-state index in [1.807, 2.05) is 54.6 Å². The summed E-state index contributed by atoms with van der Waals surface area (Å²) >= 11 is 11.7. The molecular weight excluding hydrogens is 380 g/mol. The van der Waals surface area contributed by atoms with Crippen LogP contribution in [0.3, 0.4) is 0 Å². The quantitative estimate of drug-likeness (QED) is 0.377. The van der Waals surface area contributed by atoms with Crippen LogP contribution in [0.2, 0.25) is 5.02 Å². The van der Waals surface area contributed by atoms with Crippen LogP contribution < -0.4 is 4.74 Å². The third-order valence-electron chi connectivity index (χ3n) is 4.22. The molecule has 0 saturated carbocycles. The summed E-state index contributed by atoms with van der Waals surface area (Å²) in [6.07, 6.45) is 1.73. The first kappa shape index (κ1) is 17.5. The summed E-state index contributed by atoms with van der Waals surface area (Å²) in [6.45, 7) is 0. The predicted molar refractivity (Wildman–Crippen MR) is 111 cm³/mol. The molecule has 0 unspecified atom stereocenters. The molecule has 0 aliphatic heterocycles. The van der Waals surface area contributed by atoms with Gasteiger partial charge in [0.15, 0.2) is 5.82 Å². The Morgan fingerprint density at radius 2 is 1.89 bits per heavy atom. The SMILES string of the molecule is COc1ccc2ccccc2c1/C=N/n1c(-c2ccccc2Cl)n[nH]c1=S. The van der Waals surface area contributed by atoms with Crippen molar-refractivity contribution in [1.29, 1.82) is 0 Å². The summed E-state index contributed by atoms with van der Waals surface area (Å²) in [5, 5.41) is 14.3. The van der Waals surface area contributed by atoms with E-state index < -0.39 is 0 Å². The fourth-order valence-electron chi connectivity index (χ4n) is 2.92. The number of methoxy groups -OCH3 is 1. The summed E-state index contributed by atoms with van der Waals surface area (Å²) in [5.41, 5.74) is 1.61. The molecule has 27 heavy (non-hydrogen) atoms. The van der Waals surface area contributed by atoms with Gasteiger partial charge in [0.05, 0.1) is 18.3 Å². The van der Waals surface area contributed by atoms with Crippen LogP contribution in [-0.2, 0) is 0 Å². The first-order chi connectivity index (χ1) is 13.2. The van der Waals surface area contributed by atoms with E-state index in [2.05, 4.69) is 15.3 Å². The molecule has 1 N–H and O–H groups in total. The number of benzene rings is 3. The molecule has 0 radical (unpaired) electrons. The van der Waals surface area contributed by atoms with Crippen LogP contribution in [0.15, 0.2) is 65.8 Å². The minimum Gasteiger partial charge on any atom is -0.496 e. The third kappa shape index (κ3) is 3.25. The summed E-state index contributed by atoms with van der Waals surface area (Å²) < 4.78 is 7.45. The molecule has 1 heterocycles. The largest absolute Gasteiger partial charge is 0.496 e. The lowest BCUT2D eigenvalue weighted by atomic mass is 10.0. The minimum atomic E-state index is 0.375. The maximum atomic E-state index is 6.31. The Balaban J connectivity index is 1.86. The molecule has 0 saturated heterocycles. The maximum absolute atomic E-state index is 6.31. The monoisotopic (exact) mass is 394 g/mol. The Hall–Kier alpha value is -2.96. The topological polar surface area (TPSA) is 55.2 Å². The average molecular weight is 395 g/mol. The second-order valence-corrected chi connectivity index (χ2v) is 6.59. The van der Waals surface area contributed by atoms with Crippen LogP contribution in [0.5, 0.6) is 5.75 Å². The maximum Gasteiger partial charge on any atom is 0.216 e. The van der Waals surface area contributed by atoms with E-state index in [0.717, 1.165) is 27.6 Å². The molecule has 0 aliphatic rings. The van der Waals surface area contributed by atoms with E-state index in [-0.39, 0.29) is 0 Å². The normalized spacial score (nSPS) is 11.3. The van der Waals surface area contributed by atoms with E-state index >= 15 is 0 Å². The number of nitrogens with one attached hydrogen (secondary N) is 1. The van der Waals surface area contributed by atoms with Gasteiger partial charge in [-0.05, 0) is 41.2 Å². The number of aromatic nitrogens is 3. The van der Waals surface area contributed by atoms with Crippen LogP contribution >= 0.6 is 23.8 Å². The van der Waals surface area contributed by atoms with Gasteiger partial charge >= 0.3 is 0 Å². The molecule has 1 aromatic heterocycles. The molecule has 0 atom stereocenters. The smallest absolute Gasteiger partial charge is 0.216 e. The van der Waals surface area contributed by atoms with Gasteiger partial charge in [0, 0.05) is 11.1 Å². The second kappa shape index (κ2) is 7.34. The Labute approximate surface area is 165 Å². The molecule has 5 nitrogen and oxygen atoms in total. The summed E-state index contributed by atoms with van der Waals surface area (Å²) in [5.74, 6) is 1.27. The molecule has 0 bridgehead atoms. The average Bonchev–Trinajstić information content (AvgIpc) is 3.06. The van der Waals surface area contributed by atoms with Crippen molar-refractivity contribution in [2.75, 3.05) is 7.11 Å². The molecule has 4 rings (SSSR count). The number of aromatic amines is 1. The number of H-pyrrole nitrogens is 1. The number of fused-ring (bicyclic) bond motifs is 1. The van der Waals surface area contributed by atoms with Crippen molar-refractivity contribution < 1.29 is 4.74 Å². The molecule has 0 fully saturated rings. The van der Waals surface area contributed by atoms with Gasteiger partial charge in [-0.25, -0.2) is 5.10 Å². The lowest BCUT2D eigenvalue weighted by molar-refractivity contribution is 0.415. The van der Waals surface area contributed by atoms with Crippen LogP contribution in [0.1, 0.15) is 5.56 Å². The molecule has 0 amide bonds. The molecule has 3 aromatic carbocycles. The first-order valence-corrected chi connectivity index (χ1v) is 9.00. The highest BCUT2D eigenvalue weighted by Crippen LogP contribution is 2.28. The predicted octanol–water partition coefficient (Wildman–Crippen LogP) is 5.31. The van der Waals surface area contributed by atoms with Crippen LogP contribution in [0.25, 0.3) is 22.2 Å². The number of hydrogen-bond donors (Lipinski definition) is 1. The summed E-state index contributed by atoms with van der Waals surface area (Å²) in [6, 6.07) is 19.4. The van der Waals surface area contributed by atoms with Crippen molar-refractivity contribution in [3.05, 3.63) is 76.0 Å². The Kier molecular flexibility index (Phi) is 4.75. The van der Waals surface area contributed by atoms with Crippen LogP contribution in [0.4, 0.5) is 0 Å².